The van der Waals surface area contributed by atoms with Gasteiger partial charge in [0.05, 0.1) is 6.10 Å². The zero-order valence-electron chi connectivity index (χ0n) is 11.1. The van der Waals surface area contributed by atoms with Gasteiger partial charge in [-0.1, -0.05) is 22.9 Å². The number of anilines is 1. The van der Waals surface area contributed by atoms with Gasteiger partial charge in [-0.2, -0.15) is 0 Å². The summed E-state index contributed by atoms with van der Waals surface area (Å²) in [6, 6.07) is 2.76. The Morgan fingerprint density at radius 2 is 2.00 bits per heavy atom. The van der Waals surface area contributed by atoms with E-state index >= 15 is 0 Å². The van der Waals surface area contributed by atoms with Crippen LogP contribution in [0.5, 0.6) is 0 Å². The van der Waals surface area contributed by atoms with Crippen molar-refractivity contribution in [2.75, 3.05) is 25.1 Å². The number of hydrogen-bond donors (Lipinski definition) is 0. The first-order chi connectivity index (χ1) is 9.06. The maximum Gasteiger partial charge on any atom is 0.149 e. The maximum absolute atomic E-state index is 14.1. The van der Waals surface area contributed by atoms with Gasteiger partial charge in [0.1, 0.15) is 17.3 Å². The van der Waals surface area contributed by atoms with Gasteiger partial charge in [0.15, 0.2) is 0 Å². The first-order valence-corrected chi connectivity index (χ1v) is 7.50. The molecule has 0 amide bonds. The molecule has 1 aromatic carbocycles. The van der Waals surface area contributed by atoms with Gasteiger partial charge in [0, 0.05) is 25.5 Å². The van der Waals surface area contributed by atoms with E-state index in [1.54, 1.807) is 12.0 Å². The van der Waals surface area contributed by atoms with E-state index in [9.17, 15) is 8.78 Å². The van der Waals surface area contributed by atoms with E-state index in [2.05, 4.69) is 22.9 Å². The first kappa shape index (κ1) is 14.7. The number of nitrogens with zero attached hydrogens (tertiary/aromatic N) is 1. The Morgan fingerprint density at radius 1 is 1.37 bits per heavy atom. The van der Waals surface area contributed by atoms with Crippen LogP contribution >= 0.6 is 15.9 Å². The third-order valence-corrected chi connectivity index (χ3v) is 4.39. The molecule has 0 bridgehead atoms. The normalized spacial score (nSPS) is 23.7. The minimum atomic E-state index is -0.501. The third-order valence-electron chi connectivity index (χ3n) is 3.74. The Bertz CT molecular complexity index is 432. The highest BCUT2D eigenvalue weighted by atomic mass is 79.9. The van der Waals surface area contributed by atoms with Crippen LogP contribution in [0.2, 0.25) is 0 Å². The largest absolute Gasteiger partial charge is 0.379 e. The second-order valence-corrected chi connectivity index (χ2v) is 5.59. The van der Waals surface area contributed by atoms with E-state index in [4.69, 9.17) is 4.74 Å². The zero-order valence-corrected chi connectivity index (χ0v) is 12.7. The molecule has 1 heterocycles. The minimum absolute atomic E-state index is 0.0170. The lowest BCUT2D eigenvalue weighted by Crippen LogP contribution is -2.44. The van der Waals surface area contributed by atoms with Gasteiger partial charge >= 0.3 is 0 Å². The van der Waals surface area contributed by atoms with Gasteiger partial charge in [-0.3, -0.25) is 0 Å². The van der Waals surface area contributed by atoms with Crippen LogP contribution < -0.4 is 4.90 Å². The molecule has 1 aliphatic heterocycles. The fourth-order valence-corrected chi connectivity index (χ4v) is 2.86. The van der Waals surface area contributed by atoms with Crippen LogP contribution in [0.4, 0.5) is 14.5 Å². The smallest absolute Gasteiger partial charge is 0.149 e. The van der Waals surface area contributed by atoms with Crippen LogP contribution in [0.25, 0.3) is 0 Å². The molecule has 0 spiro atoms. The molecular weight excluding hydrogens is 316 g/mol. The predicted octanol–water partition coefficient (Wildman–Crippen LogP) is 3.72. The van der Waals surface area contributed by atoms with Crippen molar-refractivity contribution in [1.82, 2.24) is 0 Å². The Hall–Kier alpha value is -0.680. The number of methoxy groups -OCH3 is 1. The first-order valence-electron chi connectivity index (χ1n) is 6.38. The van der Waals surface area contributed by atoms with Crippen molar-refractivity contribution in [3.63, 3.8) is 0 Å². The van der Waals surface area contributed by atoms with Crippen LogP contribution in [0.1, 0.15) is 18.9 Å². The molecule has 2 atom stereocenters. The lowest BCUT2D eigenvalue weighted by molar-refractivity contribution is 0.0495. The Balaban J connectivity index is 2.27. The fourth-order valence-electron chi connectivity index (χ4n) is 2.54. The topological polar surface area (TPSA) is 12.5 Å². The molecule has 0 aliphatic carbocycles. The minimum Gasteiger partial charge on any atom is -0.379 e. The predicted molar refractivity (Wildman–Crippen MR) is 75.8 cm³/mol. The number of ether oxygens (including phenoxy) is 1. The van der Waals surface area contributed by atoms with Crippen molar-refractivity contribution < 1.29 is 13.5 Å². The summed E-state index contributed by atoms with van der Waals surface area (Å²) in [5.41, 5.74) is 0.672. The maximum atomic E-state index is 14.1. The van der Waals surface area contributed by atoms with Crippen LogP contribution in [-0.4, -0.2) is 26.3 Å². The average molecular weight is 334 g/mol. The number of benzene rings is 1. The highest BCUT2D eigenvalue weighted by Crippen LogP contribution is 2.30. The van der Waals surface area contributed by atoms with Gasteiger partial charge < -0.3 is 9.64 Å². The molecule has 1 aromatic rings. The molecule has 5 heteroatoms. The molecule has 2 nitrogen and oxygen atoms in total. The summed E-state index contributed by atoms with van der Waals surface area (Å²) in [6.45, 7) is 3.29. The molecule has 1 fully saturated rings. The highest BCUT2D eigenvalue weighted by Gasteiger charge is 2.29. The SMILES string of the molecule is COC1CN(c2c(F)cc(CBr)cc2F)CCC1C. The summed E-state index contributed by atoms with van der Waals surface area (Å²) >= 11 is 3.21. The zero-order chi connectivity index (χ0) is 14.0. The second kappa shape index (κ2) is 6.18. The number of piperidine rings is 1. The van der Waals surface area contributed by atoms with Gasteiger partial charge in [-0.05, 0) is 30.0 Å². The Labute approximate surface area is 120 Å². The Kier molecular flexibility index (Phi) is 4.79. The van der Waals surface area contributed by atoms with Crippen LogP contribution in [0, 0.1) is 17.6 Å². The van der Waals surface area contributed by atoms with E-state index in [0.717, 1.165) is 6.42 Å². The molecule has 1 saturated heterocycles. The summed E-state index contributed by atoms with van der Waals surface area (Å²) in [5.74, 6) is -0.591. The van der Waals surface area contributed by atoms with Crippen molar-refractivity contribution >= 4 is 21.6 Å². The van der Waals surface area contributed by atoms with Crippen LogP contribution in [-0.2, 0) is 10.1 Å². The molecule has 0 aromatic heterocycles. The summed E-state index contributed by atoms with van der Waals surface area (Å²) in [6.07, 6.45) is 0.890. The molecule has 2 unspecified atom stereocenters. The molecule has 1 aliphatic rings. The van der Waals surface area contributed by atoms with E-state index in [-0.39, 0.29) is 11.8 Å². The molecule has 2 rings (SSSR count). The quantitative estimate of drug-likeness (QED) is 0.781. The number of halogens is 3. The summed E-state index contributed by atoms with van der Waals surface area (Å²) in [5, 5.41) is 0.443. The van der Waals surface area contributed by atoms with E-state index in [1.807, 2.05) is 0 Å². The second-order valence-electron chi connectivity index (χ2n) is 5.03. The van der Waals surface area contributed by atoms with Crippen molar-refractivity contribution in [2.45, 2.75) is 24.8 Å². The van der Waals surface area contributed by atoms with Crippen molar-refractivity contribution in [3.8, 4) is 0 Å². The molecular formula is C14H18BrF2NO. The number of rotatable bonds is 3. The molecule has 19 heavy (non-hydrogen) atoms. The van der Waals surface area contributed by atoms with E-state index < -0.39 is 11.6 Å². The monoisotopic (exact) mass is 333 g/mol. The van der Waals surface area contributed by atoms with Gasteiger partial charge in [0.25, 0.3) is 0 Å². The highest BCUT2D eigenvalue weighted by molar-refractivity contribution is 9.08. The lowest BCUT2D eigenvalue weighted by Gasteiger charge is -2.37. The lowest BCUT2D eigenvalue weighted by atomic mass is 9.95. The standard InChI is InChI=1S/C14H18BrF2NO/c1-9-3-4-18(8-13(9)19-2)14-11(16)5-10(7-15)6-12(14)17/h5-6,9,13H,3-4,7-8H2,1-2H3. The number of hydrogen-bond acceptors (Lipinski definition) is 2. The van der Waals surface area contributed by atoms with Crippen LogP contribution in [0.15, 0.2) is 12.1 Å². The van der Waals surface area contributed by atoms with Gasteiger partial charge in [-0.15, -0.1) is 0 Å². The summed E-state index contributed by atoms with van der Waals surface area (Å²) in [4.78, 5) is 1.75. The van der Waals surface area contributed by atoms with Crippen molar-refractivity contribution in [1.29, 1.82) is 0 Å². The number of alkyl halides is 1. The average Bonchev–Trinajstić information content (AvgIpc) is 2.39. The molecule has 0 radical (unpaired) electrons. The van der Waals surface area contributed by atoms with Crippen LogP contribution in [0.3, 0.4) is 0 Å². The summed E-state index contributed by atoms with van der Waals surface area (Å²) < 4.78 is 33.5. The van der Waals surface area contributed by atoms with Gasteiger partial charge in [-0.25, -0.2) is 8.78 Å². The molecule has 0 saturated carbocycles. The molecule has 106 valence electrons. The van der Waals surface area contributed by atoms with E-state index in [0.29, 0.717) is 29.9 Å². The van der Waals surface area contributed by atoms with Crippen molar-refractivity contribution in [2.24, 2.45) is 5.92 Å². The Morgan fingerprint density at radius 3 is 2.53 bits per heavy atom. The third kappa shape index (κ3) is 3.08. The summed E-state index contributed by atoms with van der Waals surface area (Å²) in [7, 11) is 1.64. The van der Waals surface area contributed by atoms with Gasteiger partial charge in [0.2, 0.25) is 0 Å². The van der Waals surface area contributed by atoms with Crippen molar-refractivity contribution in [3.05, 3.63) is 29.3 Å². The fraction of sp³-hybridized carbons (Fsp3) is 0.571. The van der Waals surface area contributed by atoms with E-state index in [1.165, 1.54) is 12.1 Å². The molecule has 0 N–H and O–H groups in total.